The second kappa shape index (κ2) is 6.71. The summed E-state index contributed by atoms with van der Waals surface area (Å²) < 4.78 is 0. The van der Waals surface area contributed by atoms with Gasteiger partial charge in [0, 0.05) is 44.2 Å². The topological polar surface area (TPSA) is 23.6 Å². The van der Waals surface area contributed by atoms with Crippen LogP contribution in [0.15, 0.2) is 24.3 Å². The van der Waals surface area contributed by atoms with Crippen LogP contribution >= 0.6 is 0 Å². The number of aryl methyl sites for hydroxylation is 1. The number of rotatable bonds is 4. The maximum Gasteiger partial charge on any atom is 0.164 e. The highest BCUT2D eigenvalue weighted by atomic mass is 16.1. The van der Waals surface area contributed by atoms with Crippen LogP contribution in [-0.2, 0) is 0 Å². The van der Waals surface area contributed by atoms with Crippen LogP contribution in [0.1, 0.15) is 41.6 Å². The maximum atomic E-state index is 12.4. The third kappa shape index (κ3) is 3.53. The molecule has 2 saturated heterocycles. The van der Waals surface area contributed by atoms with Gasteiger partial charge in [-0.15, -0.1) is 0 Å². The van der Waals surface area contributed by atoms with Crippen LogP contribution in [0.4, 0.5) is 0 Å². The van der Waals surface area contributed by atoms with Crippen LogP contribution in [0, 0.1) is 6.92 Å². The molecule has 0 bridgehead atoms. The second-order valence-electron chi connectivity index (χ2n) is 6.47. The summed E-state index contributed by atoms with van der Waals surface area (Å²) in [6.45, 7) is 7.67. The van der Waals surface area contributed by atoms with E-state index in [2.05, 4.69) is 9.80 Å². The lowest BCUT2D eigenvalue weighted by atomic mass is 9.98. The first-order chi connectivity index (χ1) is 10.2. The smallest absolute Gasteiger partial charge is 0.164 e. The second-order valence-corrected chi connectivity index (χ2v) is 6.47. The Morgan fingerprint density at radius 1 is 1.19 bits per heavy atom. The van der Waals surface area contributed by atoms with Crippen molar-refractivity contribution in [2.45, 2.75) is 38.6 Å². The summed E-state index contributed by atoms with van der Waals surface area (Å²) in [5.41, 5.74) is 1.99. The zero-order chi connectivity index (χ0) is 14.7. The van der Waals surface area contributed by atoms with Crippen molar-refractivity contribution < 1.29 is 4.79 Å². The van der Waals surface area contributed by atoms with Gasteiger partial charge in [-0.05, 0) is 31.9 Å². The molecule has 2 heterocycles. The number of fused-ring (bicyclic) bond motifs is 1. The Morgan fingerprint density at radius 3 is 2.90 bits per heavy atom. The molecule has 2 aliphatic heterocycles. The minimum absolute atomic E-state index is 0.291. The van der Waals surface area contributed by atoms with Crippen molar-refractivity contribution in [3.63, 3.8) is 0 Å². The summed E-state index contributed by atoms with van der Waals surface area (Å²) in [4.78, 5) is 17.5. The molecule has 0 radical (unpaired) electrons. The van der Waals surface area contributed by atoms with Crippen molar-refractivity contribution in [3.8, 4) is 0 Å². The first kappa shape index (κ1) is 14.7. The van der Waals surface area contributed by atoms with Gasteiger partial charge in [-0.25, -0.2) is 0 Å². The van der Waals surface area contributed by atoms with Crippen LogP contribution in [-0.4, -0.2) is 54.3 Å². The number of carbonyl (C=O) groups is 1. The molecule has 21 heavy (non-hydrogen) atoms. The van der Waals surface area contributed by atoms with Crippen LogP contribution in [0.3, 0.4) is 0 Å². The van der Waals surface area contributed by atoms with Crippen molar-refractivity contribution in [2.75, 3.05) is 32.7 Å². The molecule has 1 unspecified atom stereocenters. The van der Waals surface area contributed by atoms with Crippen LogP contribution in [0.25, 0.3) is 0 Å². The molecule has 0 aliphatic carbocycles. The predicted molar refractivity (Wildman–Crippen MR) is 85.8 cm³/mol. The molecular weight excluding hydrogens is 260 g/mol. The number of hydrogen-bond acceptors (Lipinski definition) is 3. The van der Waals surface area contributed by atoms with Gasteiger partial charge in [-0.2, -0.15) is 0 Å². The number of hydrogen-bond donors (Lipinski definition) is 0. The molecule has 0 amide bonds. The molecule has 0 aromatic heterocycles. The number of nitrogens with zero attached hydrogens (tertiary/aromatic N) is 2. The third-order valence-electron chi connectivity index (χ3n) is 5.02. The monoisotopic (exact) mass is 286 g/mol. The average molecular weight is 286 g/mol. The van der Waals surface area contributed by atoms with E-state index in [0.29, 0.717) is 12.2 Å². The molecule has 1 atom stereocenters. The van der Waals surface area contributed by atoms with E-state index in [9.17, 15) is 4.79 Å². The fraction of sp³-hybridized carbons (Fsp3) is 0.611. The summed E-state index contributed by atoms with van der Waals surface area (Å²) in [6.07, 6.45) is 4.72. The Morgan fingerprint density at radius 2 is 2.05 bits per heavy atom. The molecule has 0 saturated carbocycles. The van der Waals surface area contributed by atoms with Gasteiger partial charge in [-0.1, -0.05) is 30.7 Å². The van der Waals surface area contributed by atoms with Crippen molar-refractivity contribution in [1.29, 1.82) is 0 Å². The first-order valence-corrected chi connectivity index (χ1v) is 8.29. The number of Topliss-reactive ketones (excluding diaryl/α,β-unsaturated/α-hetero) is 1. The lowest BCUT2D eigenvalue weighted by molar-refractivity contribution is 0.0480. The minimum atomic E-state index is 0.291. The van der Waals surface area contributed by atoms with Gasteiger partial charge < -0.3 is 4.90 Å². The summed E-state index contributed by atoms with van der Waals surface area (Å²) in [6, 6.07) is 8.67. The van der Waals surface area contributed by atoms with Gasteiger partial charge in [0.25, 0.3) is 0 Å². The summed E-state index contributed by atoms with van der Waals surface area (Å²) in [5, 5.41) is 0. The minimum Gasteiger partial charge on any atom is -0.300 e. The highest BCUT2D eigenvalue weighted by Crippen LogP contribution is 2.21. The van der Waals surface area contributed by atoms with Gasteiger partial charge in [0.2, 0.25) is 0 Å². The van der Waals surface area contributed by atoms with Crippen molar-refractivity contribution in [2.24, 2.45) is 0 Å². The zero-order valence-electron chi connectivity index (χ0n) is 13.1. The Labute approximate surface area is 127 Å². The molecular formula is C18H26N2O. The van der Waals surface area contributed by atoms with E-state index < -0.39 is 0 Å². The van der Waals surface area contributed by atoms with Gasteiger partial charge in [0.1, 0.15) is 0 Å². The Hall–Kier alpha value is -1.19. The van der Waals surface area contributed by atoms with E-state index in [4.69, 9.17) is 0 Å². The fourth-order valence-corrected chi connectivity index (χ4v) is 3.70. The Bertz CT molecular complexity index is 500. The number of piperazine rings is 1. The maximum absolute atomic E-state index is 12.4. The van der Waals surface area contributed by atoms with Crippen molar-refractivity contribution in [3.05, 3.63) is 35.4 Å². The van der Waals surface area contributed by atoms with Crippen molar-refractivity contribution >= 4 is 5.78 Å². The Kier molecular flexibility index (Phi) is 4.71. The quantitative estimate of drug-likeness (QED) is 0.795. The molecule has 3 nitrogen and oxygen atoms in total. The summed E-state index contributed by atoms with van der Waals surface area (Å²) >= 11 is 0. The predicted octanol–water partition coefficient (Wildman–Crippen LogP) is 2.74. The van der Waals surface area contributed by atoms with Gasteiger partial charge >= 0.3 is 0 Å². The molecule has 0 N–H and O–H groups in total. The molecule has 2 fully saturated rings. The van der Waals surface area contributed by atoms with E-state index in [-0.39, 0.29) is 0 Å². The van der Waals surface area contributed by atoms with Gasteiger partial charge in [-0.3, -0.25) is 9.69 Å². The summed E-state index contributed by atoms with van der Waals surface area (Å²) in [7, 11) is 0. The first-order valence-electron chi connectivity index (χ1n) is 8.29. The lowest BCUT2D eigenvalue weighted by Crippen LogP contribution is -2.54. The molecule has 2 aliphatic rings. The van der Waals surface area contributed by atoms with Crippen LogP contribution in [0.2, 0.25) is 0 Å². The normalized spacial score (nSPS) is 23.8. The van der Waals surface area contributed by atoms with Gasteiger partial charge in [0.15, 0.2) is 5.78 Å². The standard InChI is InChI=1S/C18H26N2O/c1-15-6-2-3-8-17(15)18(21)9-11-19-12-13-20-10-5-4-7-16(20)14-19/h2-3,6,8,16H,4-5,7,9-14H2,1H3. The van der Waals surface area contributed by atoms with E-state index in [1.54, 1.807) is 0 Å². The van der Waals surface area contributed by atoms with E-state index in [0.717, 1.165) is 36.8 Å². The molecule has 1 aromatic rings. The lowest BCUT2D eigenvalue weighted by Gasteiger charge is -2.44. The average Bonchev–Trinajstić information content (AvgIpc) is 2.53. The van der Waals surface area contributed by atoms with Crippen LogP contribution < -0.4 is 0 Å². The number of carbonyl (C=O) groups excluding carboxylic acids is 1. The SMILES string of the molecule is Cc1ccccc1C(=O)CCN1CCN2CCCCC2C1. The zero-order valence-corrected chi connectivity index (χ0v) is 13.1. The van der Waals surface area contributed by atoms with E-state index in [1.807, 2.05) is 31.2 Å². The van der Waals surface area contributed by atoms with E-state index >= 15 is 0 Å². The molecule has 3 heteroatoms. The largest absolute Gasteiger partial charge is 0.300 e. The number of benzene rings is 1. The highest BCUT2D eigenvalue weighted by Gasteiger charge is 2.28. The third-order valence-corrected chi connectivity index (χ3v) is 5.02. The van der Waals surface area contributed by atoms with Crippen molar-refractivity contribution in [1.82, 2.24) is 9.80 Å². The molecule has 3 rings (SSSR count). The van der Waals surface area contributed by atoms with Gasteiger partial charge in [0.05, 0.1) is 0 Å². The van der Waals surface area contributed by atoms with Crippen LogP contribution in [0.5, 0.6) is 0 Å². The summed E-state index contributed by atoms with van der Waals surface area (Å²) in [5.74, 6) is 0.291. The Balaban J connectivity index is 1.51. The number of piperidine rings is 1. The highest BCUT2D eigenvalue weighted by molar-refractivity contribution is 5.97. The molecule has 0 spiro atoms. The molecule has 1 aromatic carbocycles. The fourth-order valence-electron chi connectivity index (χ4n) is 3.70. The number of ketones is 1. The van der Waals surface area contributed by atoms with E-state index in [1.165, 1.54) is 32.4 Å². The molecule has 114 valence electrons.